The molecule has 1 saturated heterocycles. The third-order valence-corrected chi connectivity index (χ3v) is 2.33. The first-order chi connectivity index (χ1) is 5.66. The maximum atomic E-state index is 5.44. The van der Waals surface area contributed by atoms with Gasteiger partial charge in [0.15, 0.2) is 0 Å². The first-order valence-corrected chi connectivity index (χ1v) is 4.65. The predicted molar refractivity (Wildman–Crippen MR) is 48.7 cm³/mol. The molecule has 1 heterocycles. The van der Waals surface area contributed by atoms with Crippen LogP contribution >= 0.6 is 0 Å². The van der Waals surface area contributed by atoms with Gasteiger partial charge in [-0.2, -0.15) is 0 Å². The smallest absolute Gasteiger partial charge is 0.208 e. The van der Waals surface area contributed by atoms with Crippen molar-refractivity contribution in [2.75, 3.05) is 6.61 Å². The van der Waals surface area contributed by atoms with Gasteiger partial charge >= 0.3 is 0 Å². The zero-order valence-electron chi connectivity index (χ0n) is 8.17. The van der Waals surface area contributed by atoms with E-state index in [1.807, 2.05) is 6.92 Å². The van der Waals surface area contributed by atoms with Gasteiger partial charge in [-0.3, -0.25) is 0 Å². The van der Waals surface area contributed by atoms with Crippen LogP contribution in [0, 0.1) is 5.92 Å². The number of hydrogen-bond acceptors (Lipinski definition) is 2. The summed E-state index contributed by atoms with van der Waals surface area (Å²) in [5.41, 5.74) is 0. The molecule has 0 radical (unpaired) electrons. The van der Waals surface area contributed by atoms with E-state index in [9.17, 15) is 0 Å². The molecule has 70 valence electrons. The number of allylic oxidation sites excluding steroid dienone is 1. The van der Waals surface area contributed by atoms with Gasteiger partial charge in [-0.05, 0) is 18.4 Å². The fraction of sp³-hybridized carbons (Fsp3) is 0.800. The van der Waals surface area contributed by atoms with Crippen molar-refractivity contribution in [2.45, 2.75) is 39.4 Å². The Hall–Kier alpha value is -0.500. The molecule has 1 aliphatic rings. The SMILES string of the molecule is CCC(C)C=COC1(C)CCO1. The van der Waals surface area contributed by atoms with E-state index in [-0.39, 0.29) is 5.79 Å². The molecule has 0 N–H and O–H groups in total. The molecule has 0 aromatic heterocycles. The molecule has 0 aromatic rings. The second-order valence-corrected chi connectivity index (χ2v) is 3.56. The van der Waals surface area contributed by atoms with Gasteiger partial charge < -0.3 is 9.47 Å². The Morgan fingerprint density at radius 1 is 1.67 bits per heavy atom. The summed E-state index contributed by atoms with van der Waals surface area (Å²) in [5.74, 6) is 0.262. The molecule has 0 aliphatic carbocycles. The Labute approximate surface area is 74.6 Å². The summed E-state index contributed by atoms with van der Waals surface area (Å²) in [5, 5.41) is 0. The highest BCUT2D eigenvalue weighted by Gasteiger charge is 2.34. The van der Waals surface area contributed by atoms with Gasteiger partial charge in [-0.25, -0.2) is 0 Å². The van der Waals surface area contributed by atoms with Crippen LogP contribution in [0.3, 0.4) is 0 Å². The average molecular weight is 170 g/mol. The minimum atomic E-state index is -0.329. The second-order valence-electron chi connectivity index (χ2n) is 3.56. The molecule has 2 heteroatoms. The molecule has 2 atom stereocenters. The van der Waals surface area contributed by atoms with E-state index in [0.29, 0.717) is 5.92 Å². The van der Waals surface area contributed by atoms with Crippen molar-refractivity contribution >= 4 is 0 Å². The van der Waals surface area contributed by atoms with Crippen LogP contribution in [0.15, 0.2) is 12.3 Å². The van der Waals surface area contributed by atoms with E-state index in [1.54, 1.807) is 6.26 Å². The first-order valence-electron chi connectivity index (χ1n) is 4.65. The monoisotopic (exact) mass is 170 g/mol. The summed E-state index contributed by atoms with van der Waals surface area (Å²) >= 11 is 0. The van der Waals surface area contributed by atoms with Gasteiger partial charge in [0.25, 0.3) is 0 Å². The van der Waals surface area contributed by atoms with E-state index in [1.165, 1.54) is 0 Å². The lowest BCUT2D eigenvalue weighted by Crippen LogP contribution is -2.41. The molecule has 1 aliphatic heterocycles. The predicted octanol–water partition coefficient (Wildman–Crippen LogP) is 2.70. The molecule has 2 unspecified atom stereocenters. The lowest BCUT2D eigenvalue weighted by atomic mass is 10.1. The van der Waals surface area contributed by atoms with E-state index in [0.717, 1.165) is 19.4 Å². The zero-order chi connectivity index (χ0) is 9.03. The number of rotatable bonds is 4. The fourth-order valence-electron chi connectivity index (χ4n) is 0.936. The average Bonchev–Trinajstić information content (AvgIpc) is 2.01. The molecule has 1 rings (SSSR count). The third-order valence-electron chi connectivity index (χ3n) is 2.33. The maximum Gasteiger partial charge on any atom is 0.208 e. The van der Waals surface area contributed by atoms with Crippen molar-refractivity contribution in [1.29, 1.82) is 0 Å². The van der Waals surface area contributed by atoms with Crippen LogP contribution in [0.25, 0.3) is 0 Å². The molecule has 1 fully saturated rings. The van der Waals surface area contributed by atoms with Crippen LogP contribution in [0.4, 0.5) is 0 Å². The summed E-state index contributed by atoms with van der Waals surface area (Å²) in [6.07, 6.45) is 6.00. The maximum absolute atomic E-state index is 5.44. The number of hydrogen-bond donors (Lipinski definition) is 0. The van der Waals surface area contributed by atoms with Crippen molar-refractivity contribution in [1.82, 2.24) is 0 Å². The van der Waals surface area contributed by atoms with Crippen LogP contribution in [-0.4, -0.2) is 12.4 Å². The van der Waals surface area contributed by atoms with E-state index in [2.05, 4.69) is 19.9 Å². The normalized spacial score (nSPS) is 31.6. The zero-order valence-corrected chi connectivity index (χ0v) is 8.17. The van der Waals surface area contributed by atoms with Gasteiger partial charge in [-0.15, -0.1) is 0 Å². The molecule has 2 nitrogen and oxygen atoms in total. The molecule has 0 saturated carbocycles. The van der Waals surface area contributed by atoms with Gasteiger partial charge in [0, 0.05) is 13.3 Å². The van der Waals surface area contributed by atoms with E-state index >= 15 is 0 Å². The molecule has 0 aromatic carbocycles. The van der Waals surface area contributed by atoms with Crippen molar-refractivity contribution in [2.24, 2.45) is 5.92 Å². The highest BCUT2D eigenvalue weighted by molar-refractivity contribution is 4.83. The Balaban J connectivity index is 2.19. The molecule has 0 bridgehead atoms. The minimum Gasteiger partial charge on any atom is -0.471 e. The summed E-state index contributed by atoms with van der Waals surface area (Å²) < 4.78 is 10.7. The van der Waals surface area contributed by atoms with Crippen LogP contribution in [0.1, 0.15) is 33.6 Å². The van der Waals surface area contributed by atoms with Crippen LogP contribution in [-0.2, 0) is 9.47 Å². The highest BCUT2D eigenvalue weighted by Crippen LogP contribution is 2.27. The van der Waals surface area contributed by atoms with E-state index < -0.39 is 0 Å². The van der Waals surface area contributed by atoms with Gasteiger partial charge in [-0.1, -0.05) is 13.8 Å². The first kappa shape index (κ1) is 9.59. The third kappa shape index (κ3) is 2.52. The Morgan fingerprint density at radius 3 is 2.75 bits per heavy atom. The van der Waals surface area contributed by atoms with Crippen LogP contribution < -0.4 is 0 Å². The summed E-state index contributed by atoms with van der Waals surface area (Å²) in [6, 6.07) is 0. The van der Waals surface area contributed by atoms with Gasteiger partial charge in [0.2, 0.25) is 5.79 Å². The topological polar surface area (TPSA) is 18.5 Å². The summed E-state index contributed by atoms with van der Waals surface area (Å²) in [4.78, 5) is 0. The van der Waals surface area contributed by atoms with Crippen molar-refractivity contribution in [3.63, 3.8) is 0 Å². The Kier molecular flexibility index (Phi) is 3.15. The van der Waals surface area contributed by atoms with Gasteiger partial charge in [0.1, 0.15) is 0 Å². The van der Waals surface area contributed by atoms with Gasteiger partial charge in [0.05, 0.1) is 12.9 Å². The quantitative estimate of drug-likeness (QED) is 0.604. The molecular weight excluding hydrogens is 152 g/mol. The van der Waals surface area contributed by atoms with Crippen molar-refractivity contribution in [3.8, 4) is 0 Å². The fourth-order valence-corrected chi connectivity index (χ4v) is 0.936. The minimum absolute atomic E-state index is 0.329. The number of ether oxygens (including phenoxy) is 2. The summed E-state index contributed by atoms with van der Waals surface area (Å²) in [7, 11) is 0. The summed E-state index contributed by atoms with van der Waals surface area (Å²) in [6.45, 7) is 7.13. The molecular formula is C10H18O2. The lowest BCUT2D eigenvalue weighted by molar-refractivity contribution is -0.271. The van der Waals surface area contributed by atoms with Crippen molar-refractivity contribution in [3.05, 3.63) is 12.3 Å². The largest absolute Gasteiger partial charge is 0.471 e. The Bertz CT molecular complexity index is 159. The standard InChI is InChI=1S/C10H18O2/c1-4-9(2)5-7-11-10(3)6-8-12-10/h5,7,9H,4,6,8H2,1-3H3. The second kappa shape index (κ2) is 3.94. The molecule has 0 amide bonds. The molecule has 12 heavy (non-hydrogen) atoms. The molecule has 0 spiro atoms. The van der Waals surface area contributed by atoms with Crippen LogP contribution in [0.5, 0.6) is 0 Å². The Morgan fingerprint density at radius 2 is 2.33 bits per heavy atom. The van der Waals surface area contributed by atoms with E-state index in [4.69, 9.17) is 9.47 Å². The highest BCUT2D eigenvalue weighted by atomic mass is 16.7. The van der Waals surface area contributed by atoms with Crippen molar-refractivity contribution < 1.29 is 9.47 Å². The lowest BCUT2D eigenvalue weighted by Gasteiger charge is -2.37. The van der Waals surface area contributed by atoms with Crippen LogP contribution in [0.2, 0.25) is 0 Å².